The van der Waals surface area contributed by atoms with Gasteiger partial charge in [-0.2, -0.15) is 0 Å². The van der Waals surface area contributed by atoms with Crippen molar-refractivity contribution in [3.63, 3.8) is 0 Å². The fourth-order valence-electron chi connectivity index (χ4n) is 3.25. The van der Waals surface area contributed by atoms with Gasteiger partial charge in [0.15, 0.2) is 0 Å². The summed E-state index contributed by atoms with van der Waals surface area (Å²) in [5, 5.41) is 19.0. The zero-order chi connectivity index (χ0) is 13.5. The van der Waals surface area contributed by atoms with Crippen molar-refractivity contribution in [1.82, 2.24) is 0 Å². The largest absolute Gasteiger partial charge is 0.508 e. The first kappa shape index (κ1) is 12.7. The van der Waals surface area contributed by atoms with Crippen LogP contribution in [0.3, 0.4) is 0 Å². The summed E-state index contributed by atoms with van der Waals surface area (Å²) in [6, 6.07) is 7.25. The smallest absolute Gasteiger partial charge is 0.115 e. The molecule has 1 aliphatic carbocycles. The van der Waals surface area contributed by atoms with E-state index in [0.717, 1.165) is 18.4 Å². The fraction of sp³-hybridized carbons (Fsp3) is 0.500. The summed E-state index contributed by atoms with van der Waals surface area (Å²) in [5.74, 6) is 0.611. The van der Waals surface area contributed by atoms with Crippen LogP contribution in [0.4, 0.5) is 0 Å². The third kappa shape index (κ3) is 2.17. The maximum absolute atomic E-state index is 9.63. The molecule has 0 saturated carbocycles. The second kappa shape index (κ2) is 4.66. The minimum atomic E-state index is -0.0857. The van der Waals surface area contributed by atoms with Crippen molar-refractivity contribution < 1.29 is 14.9 Å². The van der Waals surface area contributed by atoms with Crippen LogP contribution in [0.25, 0.3) is 0 Å². The van der Waals surface area contributed by atoms with Gasteiger partial charge < -0.3 is 14.9 Å². The third-order valence-electron chi connectivity index (χ3n) is 4.59. The molecule has 102 valence electrons. The van der Waals surface area contributed by atoms with Crippen LogP contribution in [0.2, 0.25) is 0 Å². The molecule has 1 saturated heterocycles. The molecule has 1 aromatic carbocycles. The van der Waals surface area contributed by atoms with Crippen LogP contribution >= 0.6 is 0 Å². The Morgan fingerprint density at radius 2 is 2.05 bits per heavy atom. The Balaban J connectivity index is 1.91. The summed E-state index contributed by atoms with van der Waals surface area (Å²) < 4.78 is 6.05. The van der Waals surface area contributed by atoms with Crippen LogP contribution < -0.4 is 0 Å². The summed E-state index contributed by atoms with van der Waals surface area (Å²) in [6.07, 6.45) is 4.18. The van der Waals surface area contributed by atoms with Crippen molar-refractivity contribution in [2.24, 2.45) is 11.3 Å². The topological polar surface area (TPSA) is 49.7 Å². The van der Waals surface area contributed by atoms with Crippen LogP contribution in [-0.4, -0.2) is 23.4 Å². The first-order chi connectivity index (χ1) is 9.13. The predicted molar refractivity (Wildman–Crippen MR) is 72.8 cm³/mol. The third-order valence-corrected chi connectivity index (χ3v) is 4.59. The van der Waals surface area contributed by atoms with Gasteiger partial charge in [0, 0.05) is 11.3 Å². The Morgan fingerprint density at radius 3 is 2.74 bits per heavy atom. The molecule has 1 aliphatic heterocycles. The standard InChI is InChI=1S/C16H20O3/c1-11-6-7-16(9-17)8-14(11)15(19-10-16)12-2-4-13(18)5-3-12/h2-6,14-15,17-18H,7-10H2,1H3/t14-,15-,16-/m0/s1. The molecule has 0 amide bonds. The van der Waals surface area contributed by atoms with Gasteiger partial charge in [0.1, 0.15) is 5.75 Å². The number of benzene rings is 1. The van der Waals surface area contributed by atoms with E-state index in [2.05, 4.69) is 13.0 Å². The quantitative estimate of drug-likeness (QED) is 0.804. The molecule has 1 aromatic rings. The van der Waals surface area contributed by atoms with Crippen molar-refractivity contribution >= 4 is 0 Å². The molecule has 1 fully saturated rings. The molecule has 0 unspecified atom stereocenters. The highest BCUT2D eigenvalue weighted by atomic mass is 16.5. The minimum absolute atomic E-state index is 0.0387. The number of aromatic hydroxyl groups is 1. The normalized spacial score (nSPS) is 33.9. The number of hydrogen-bond donors (Lipinski definition) is 2. The van der Waals surface area contributed by atoms with Gasteiger partial charge in [0.25, 0.3) is 0 Å². The Morgan fingerprint density at radius 1 is 1.32 bits per heavy atom. The Bertz CT molecular complexity index is 491. The number of phenolic OH excluding ortho intramolecular Hbond substituents is 1. The lowest BCUT2D eigenvalue weighted by Gasteiger charge is -2.47. The van der Waals surface area contributed by atoms with Gasteiger partial charge in [-0.1, -0.05) is 23.8 Å². The zero-order valence-corrected chi connectivity index (χ0v) is 11.2. The molecular formula is C16H20O3. The monoisotopic (exact) mass is 260 g/mol. The first-order valence-electron chi connectivity index (χ1n) is 6.82. The van der Waals surface area contributed by atoms with E-state index in [-0.39, 0.29) is 23.9 Å². The van der Waals surface area contributed by atoms with E-state index in [1.807, 2.05) is 12.1 Å². The highest BCUT2D eigenvalue weighted by Crippen LogP contribution is 2.50. The average molecular weight is 260 g/mol. The number of aliphatic hydroxyl groups excluding tert-OH is 1. The van der Waals surface area contributed by atoms with Crippen LogP contribution in [-0.2, 0) is 4.74 Å². The number of ether oxygens (including phenoxy) is 1. The van der Waals surface area contributed by atoms with Crippen molar-refractivity contribution in [2.45, 2.75) is 25.9 Å². The van der Waals surface area contributed by atoms with Gasteiger partial charge in [-0.25, -0.2) is 0 Å². The van der Waals surface area contributed by atoms with Gasteiger partial charge >= 0.3 is 0 Å². The van der Waals surface area contributed by atoms with Crippen LogP contribution in [0, 0.1) is 11.3 Å². The molecule has 1 heterocycles. The molecule has 3 nitrogen and oxygen atoms in total. The van der Waals surface area contributed by atoms with E-state index in [4.69, 9.17) is 4.74 Å². The summed E-state index contributed by atoms with van der Waals surface area (Å²) in [5.41, 5.74) is 2.36. The van der Waals surface area contributed by atoms with Crippen molar-refractivity contribution in [3.05, 3.63) is 41.5 Å². The molecule has 3 heteroatoms. The molecule has 0 radical (unpaired) electrons. The molecular weight excluding hydrogens is 240 g/mol. The van der Waals surface area contributed by atoms with Crippen LogP contribution in [0.15, 0.2) is 35.9 Å². The van der Waals surface area contributed by atoms with Crippen LogP contribution in [0.5, 0.6) is 5.75 Å². The highest BCUT2D eigenvalue weighted by molar-refractivity contribution is 5.30. The van der Waals surface area contributed by atoms with E-state index in [0.29, 0.717) is 12.5 Å². The molecule has 19 heavy (non-hydrogen) atoms. The maximum Gasteiger partial charge on any atom is 0.115 e. The van der Waals surface area contributed by atoms with E-state index >= 15 is 0 Å². The number of fused-ring (bicyclic) bond motifs is 2. The number of hydrogen-bond acceptors (Lipinski definition) is 3. The summed E-state index contributed by atoms with van der Waals surface area (Å²) in [4.78, 5) is 0. The Hall–Kier alpha value is -1.32. The van der Waals surface area contributed by atoms with Gasteiger partial charge in [-0.3, -0.25) is 0 Å². The Kier molecular flexibility index (Phi) is 3.11. The fourth-order valence-corrected chi connectivity index (χ4v) is 3.25. The van der Waals surface area contributed by atoms with Gasteiger partial charge in [-0.15, -0.1) is 0 Å². The first-order valence-corrected chi connectivity index (χ1v) is 6.82. The lowest BCUT2D eigenvalue weighted by Crippen LogP contribution is -2.43. The number of allylic oxidation sites excluding steroid dienone is 1. The predicted octanol–water partition coefficient (Wildman–Crippen LogP) is 2.80. The zero-order valence-electron chi connectivity index (χ0n) is 11.2. The summed E-state index contributed by atoms with van der Waals surface area (Å²) in [7, 11) is 0. The average Bonchev–Trinajstić information content (AvgIpc) is 2.45. The second-order valence-corrected chi connectivity index (χ2v) is 5.94. The molecule has 0 spiro atoms. The molecule has 2 aliphatic rings. The van der Waals surface area contributed by atoms with Crippen molar-refractivity contribution in [2.75, 3.05) is 13.2 Å². The van der Waals surface area contributed by atoms with E-state index in [1.165, 1.54) is 5.57 Å². The summed E-state index contributed by atoms with van der Waals surface area (Å²) in [6.45, 7) is 2.94. The maximum atomic E-state index is 9.63. The van der Waals surface area contributed by atoms with Gasteiger partial charge in [0.05, 0.1) is 19.3 Å². The summed E-state index contributed by atoms with van der Waals surface area (Å²) >= 11 is 0. The lowest BCUT2D eigenvalue weighted by atomic mass is 9.67. The molecule has 3 atom stereocenters. The second-order valence-electron chi connectivity index (χ2n) is 5.94. The molecule has 0 aromatic heterocycles. The van der Waals surface area contributed by atoms with Gasteiger partial charge in [-0.05, 0) is 37.5 Å². The minimum Gasteiger partial charge on any atom is -0.508 e. The lowest BCUT2D eigenvalue weighted by molar-refractivity contribution is -0.113. The number of phenols is 1. The highest BCUT2D eigenvalue weighted by Gasteiger charge is 2.44. The van der Waals surface area contributed by atoms with Crippen molar-refractivity contribution in [3.8, 4) is 5.75 Å². The van der Waals surface area contributed by atoms with Crippen LogP contribution in [0.1, 0.15) is 31.4 Å². The number of rotatable bonds is 2. The van der Waals surface area contributed by atoms with E-state index in [1.54, 1.807) is 12.1 Å². The van der Waals surface area contributed by atoms with Crippen molar-refractivity contribution in [1.29, 1.82) is 0 Å². The van der Waals surface area contributed by atoms with E-state index < -0.39 is 0 Å². The molecule has 3 rings (SSSR count). The van der Waals surface area contributed by atoms with Gasteiger partial charge in [0.2, 0.25) is 0 Å². The Labute approximate surface area is 113 Å². The molecule has 2 bridgehead atoms. The SMILES string of the molecule is CC1=CC[C@]2(CO)CO[C@@H](c3ccc(O)cc3)[C@H]1C2. The van der Waals surface area contributed by atoms with E-state index in [9.17, 15) is 10.2 Å². The number of aliphatic hydroxyl groups is 1. The molecule has 2 N–H and O–H groups in total.